The van der Waals surface area contributed by atoms with Crippen LogP contribution in [0.4, 0.5) is 11.5 Å². The van der Waals surface area contributed by atoms with Crippen LogP contribution in [0.15, 0.2) is 35.2 Å². The third kappa shape index (κ3) is 14.9. The van der Waals surface area contributed by atoms with Crippen LogP contribution in [-0.4, -0.2) is 18.6 Å². The van der Waals surface area contributed by atoms with Crippen molar-refractivity contribution in [2.75, 3.05) is 10.5 Å². The zero-order chi connectivity index (χ0) is 30.9. The number of nitrogens with two attached hydrogens (primary N) is 1. The van der Waals surface area contributed by atoms with Crippen LogP contribution in [0.1, 0.15) is 19.4 Å². The largest absolute Gasteiger partial charge is 0.399 e. The van der Waals surface area contributed by atoms with Crippen molar-refractivity contribution in [3.8, 4) is 131 Å². The van der Waals surface area contributed by atoms with Gasteiger partial charge in [0.15, 0.2) is 11.0 Å². The smallest absolute Gasteiger partial charge is 0.264 e. The van der Waals surface area contributed by atoms with Crippen molar-refractivity contribution in [2.45, 2.75) is 18.7 Å². The zero-order valence-corrected chi connectivity index (χ0v) is 23.6. The first kappa shape index (κ1) is 33.3. The summed E-state index contributed by atoms with van der Waals surface area (Å²) in [5, 5.41) is 7.38. The van der Waals surface area contributed by atoms with Crippen LogP contribution in [-0.2, 0) is 10.0 Å². The summed E-state index contributed by atoms with van der Waals surface area (Å²) >= 11 is 5.65. The number of hydrogen-bond acceptors (Lipinski definition) is 5. The van der Waals surface area contributed by atoms with E-state index >= 15 is 0 Å². The number of aromatic nitrogens is 2. The van der Waals surface area contributed by atoms with E-state index in [0.717, 1.165) is 0 Å². The van der Waals surface area contributed by atoms with Gasteiger partial charge < -0.3 is 5.73 Å². The lowest BCUT2D eigenvalue weighted by Gasteiger charge is -2.09. The topological polar surface area (TPSA) is 98.0 Å². The number of nitrogens with one attached hydrogen (secondary N) is 1. The van der Waals surface area contributed by atoms with E-state index in [1.807, 2.05) is 0 Å². The minimum atomic E-state index is -4.01. The fourth-order valence-corrected chi connectivity index (χ4v) is 3.35. The van der Waals surface area contributed by atoms with Crippen LogP contribution in [0, 0.1) is 131 Å². The first-order valence-electron chi connectivity index (χ1n) is 11.1. The maximum Gasteiger partial charge on any atom is 0.264 e. The van der Waals surface area contributed by atoms with Crippen molar-refractivity contribution in [3.63, 3.8) is 0 Å². The molecule has 2 aromatic rings. The van der Waals surface area contributed by atoms with Crippen LogP contribution in [0.2, 0.25) is 5.15 Å². The van der Waals surface area contributed by atoms with Crippen LogP contribution >= 0.6 is 11.6 Å². The quantitative estimate of drug-likeness (QED) is 0.428. The zero-order valence-electron chi connectivity index (χ0n) is 22.0. The summed E-state index contributed by atoms with van der Waals surface area (Å²) in [5.74, 6) is 52.2. The van der Waals surface area contributed by atoms with E-state index in [4.69, 9.17) is 23.8 Å². The third-order valence-electron chi connectivity index (χ3n) is 3.62. The maximum absolute atomic E-state index is 12.7. The molecule has 196 valence electrons. The van der Waals surface area contributed by atoms with Gasteiger partial charge in [0, 0.05) is 11.3 Å². The molecule has 8 heteroatoms. The fraction of sp³-hybridized carbons (Fsp3) is 0.0588. The first-order valence-corrected chi connectivity index (χ1v) is 12.9. The Labute approximate surface area is 252 Å². The molecule has 0 spiro atoms. The standard InChI is InChI=1S/C22H9ClN4O2S.C12H6/c1-2-3-4-5-6-7-8-9-10-11-12-18-17-19(24)13-14-20(18)30(28,29)27-22-16-15-21(23)25-26-22;1-3-5-7-9-11-12-10-8-6-4-2/h1,13-17H,24H2,(H,26,27);1-2H3/i13+1,14+1,17+1,19+1;. The summed E-state index contributed by atoms with van der Waals surface area (Å²) < 4.78 is 27.7. The second-order valence-electron chi connectivity index (χ2n) is 6.50. The Morgan fingerprint density at radius 1 is 0.714 bits per heavy atom. The lowest BCUT2D eigenvalue weighted by atomic mass is 10.4. The van der Waals surface area contributed by atoms with Gasteiger partial charge in [-0.05, 0) is 151 Å². The highest BCUT2D eigenvalue weighted by Crippen LogP contribution is 2.20. The molecule has 42 heavy (non-hydrogen) atoms. The molecule has 0 fully saturated rings. The Balaban J connectivity index is 0.000000619. The second kappa shape index (κ2) is 20.3. The number of nitrogens with zero attached hydrogens (tertiary/aromatic N) is 2. The number of terminal acetylenes is 1. The monoisotopic (exact) mass is 582 g/mol. The molecular formula is C34H15ClN4O2S. The van der Waals surface area contributed by atoms with E-state index in [0.29, 0.717) is 5.69 Å². The van der Waals surface area contributed by atoms with Crippen molar-refractivity contribution < 1.29 is 8.42 Å². The molecule has 1 aromatic carbocycles. The van der Waals surface area contributed by atoms with Crippen molar-refractivity contribution in [3.05, 3.63) is 41.0 Å². The predicted octanol–water partition coefficient (Wildman–Crippen LogP) is 2.55. The van der Waals surface area contributed by atoms with Gasteiger partial charge in [-0.1, -0.05) is 29.4 Å². The second-order valence-corrected chi connectivity index (χ2v) is 8.53. The molecule has 0 atom stereocenters. The Kier molecular flexibility index (Phi) is 16.1. The lowest BCUT2D eigenvalue weighted by molar-refractivity contribution is 0.600. The molecule has 0 radical (unpaired) electrons. The fourth-order valence-electron chi connectivity index (χ4n) is 2.11. The van der Waals surface area contributed by atoms with Gasteiger partial charge in [0.1, 0.15) is 4.90 Å². The highest BCUT2D eigenvalue weighted by molar-refractivity contribution is 7.92. The number of anilines is 2. The number of sulfonamides is 1. The van der Waals surface area contributed by atoms with Gasteiger partial charge >= 0.3 is 0 Å². The van der Waals surface area contributed by atoms with Gasteiger partial charge in [-0.15, -0.1) is 16.6 Å². The Morgan fingerprint density at radius 2 is 1.21 bits per heavy atom. The average Bonchev–Trinajstić information content (AvgIpc) is 2.97. The van der Waals surface area contributed by atoms with E-state index < -0.39 is 10.0 Å². The van der Waals surface area contributed by atoms with Crippen molar-refractivity contribution in [1.29, 1.82) is 0 Å². The van der Waals surface area contributed by atoms with Crippen LogP contribution in [0.25, 0.3) is 0 Å². The van der Waals surface area contributed by atoms with E-state index in [2.05, 4.69) is 139 Å². The molecule has 0 saturated carbocycles. The number of hydrogen-bond donors (Lipinski definition) is 2. The van der Waals surface area contributed by atoms with Gasteiger partial charge in [-0.2, -0.15) is 0 Å². The molecule has 0 aliphatic rings. The molecule has 3 N–H and O–H groups in total. The van der Waals surface area contributed by atoms with Crippen LogP contribution in [0.3, 0.4) is 0 Å². The molecule has 2 rings (SSSR count). The van der Waals surface area contributed by atoms with Crippen molar-refractivity contribution in [2.24, 2.45) is 0 Å². The minimum Gasteiger partial charge on any atom is -0.399 e. The minimum absolute atomic E-state index is 0.00163. The molecule has 0 unspecified atom stereocenters. The summed E-state index contributed by atoms with van der Waals surface area (Å²) in [6, 6.07) is 6.95. The van der Waals surface area contributed by atoms with Gasteiger partial charge in [0.2, 0.25) is 0 Å². The molecule has 0 aliphatic heterocycles. The first-order chi connectivity index (χ1) is 20.3. The predicted molar refractivity (Wildman–Crippen MR) is 166 cm³/mol. The number of benzene rings is 1. The van der Waals surface area contributed by atoms with Gasteiger partial charge in [-0.3, -0.25) is 4.72 Å². The van der Waals surface area contributed by atoms with Gasteiger partial charge in [0.05, 0.1) is 0 Å². The molecule has 0 bridgehead atoms. The molecule has 1 heterocycles. The SMILES string of the molecule is C#CC#CC#CC#CC#CC#Cc1[13cH][13c](N)[13cH][13cH]c1S(=O)(=O)Nc1ccc(Cl)nn1.CC#CC#CC#CC#CC#CC. The van der Waals surface area contributed by atoms with Crippen molar-refractivity contribution >= 4 is 33.1 Å². The number of rotatable bonds is 3. The molecule has 0 aliphatic carbocycles. The summed E-state index contributed by atoms with van der Waals surface area (Å²) in [4.78, 5) is -0.105. The third-order valence-corrected chi connectivity index (χ3v) is 5.24. The van der Waals surface area contributed by atoms with Crippen LogP contribution in [0.5, 0.6) is 0 Å². The van der Waals surface area contributed by atoms with E-state index in [1.165, 1.54) is 30.3 Å². The highest BCUT2D eigenvalue weighted by atomic mass is 35.5. The van der Waals surface area contributed by atoms with Crippen LogP contribution < -0.4 is 10.5 Å². The summed E-state index contributed by atoms with van der Waals surface area (Å²) in [6.45, 7) is 3.44. The molecule has 0 amide bonds. The average molecular weight is 583 g/mol. The van der Waals surface area contributed by atoms with Crippen molar-refractivity contribution in [1.82, 2.24) is 10.2 Å². The molecular weight excluding hydrogens is 568 g/mol. The maximum atomic E-state index is 12.7. The molecule has 0 saturated heterocycles. The van der Waals surface area contributed by atoms with Gasteiger partial charge in [-0.25, -0.2) is 8.42 Å². The summed E-state index contributed by atoms with van der Waals surface area (Å²) in [6.07, 6.45) is 4.94. The lowest BCUT2D eigenvalue weighted by Crippen LogP contribution is -2.15. The number of halogens is 1. The Bertz CT molecular complexity index is 2090. The van der Waals surface area contributed by atoms with E-state index in [1.54, 1.807) is 13.8 Å². The Morgan fingerprint density at radius 3 is 1.69 bits per heavy atom. The number of nitrogen functional groups attached to an aromatic ring is 1. The van der Waals surface area contributed by atoms with E-state index in [9.17, 15) is 8.42 Å². The Hall–Kier alpha value is -6.70. The summed E-state index contributed by atoms with van der Waals surface area (Å²) in [5.41, 5.74) is 6.23. The highest BCUT2D eigenvalue weighted by Gasteiger charge is 2.19. The molecule has 6 nitrogen and oxygen atoms in total. The van der Waals surface area contributed by atoms with E-state index in [-0.39, 0.29) is 21.4 Å². The molecule has 1 aromatic heterocycles. The summed E-state index contributed by atoms with van der Waals surface area (Å²) in [7, 11) is -4.01. The normalized spacial score (nSPS) is 7.19. The van der Waals surface area contributed by atoms with Gasteiger partial charge in [0.25, 0.3) is 10.0 Å².